The van der Waals surface area contributed by atoms with E-state index in [9.17, 15) is 14.7 Å². The van der Waals surface area contributed by atoms with E-state index in [1.54, 1.807) is 12.1 Å². The molecule has 7 nitrogen and oxygen atoms in total. The van der Waals surface area contributed by atoms with E-state index in [0.29, 0.717) is 10.6 Å². The van der Waals surface area contributed by atoms with Crippen LogP contribution in [0, 0.1) is 0 Å². The maximum atomic E-state index is 11.9. The molecule has 2 aromatic carbocycles. The molecule has 0 spiro atoms. The normalized spacial score (nSPS) is 10.6. The minimum atomic E-state index is -0.514. The number of nitrogens with one attached hydrogen (secondary N) is 2. The van der Waals surface area contributed by atoms with Crippen molar-refractivity contribution in [2.24, 2.45) is 5.10 Å². The number of ether oxygens (including phenoxy) is 1. The van der Waals surface area contributed by atoms with Crippen LogP contribution in [0.5, 0.6) is 11.5 Å². The monoisotopic (exact) mass is 395 g/mol. The summed E-state index contributed by atoms with van der Waals surface area (Å²) in [7, 11) is 1.42. The number of carbonyl (C=O) groups excluding carboxylic acids is 2. The molecular formula is C17H15Cl2N3O4. The Labute approximate surface area is 159 Å². The Hall–Kier alpha value is -2.77. The number of hydrogen-bond donors (Lipinski definition) is 3. The van der Waals surface area contributed by atoms with E-state index in [-0.39, 0.29) is 28.6 Å². The fraction of sp³-hybridized carbons (Fsp3) is 0.118. The highest BCUT2D eigenvalue weighted by Crippen LogP contribution is 2.25. The maximum absolute atomic E-state index is 11.9. The standard InChI is InChI=1S/C17H15Cl2N3O4/c1-26-15-6-10(2-5-14(15)23)8-21-22-16(24)9-20-17(25)11-3-4-12(18)13(19)7-11/h2-8,23H,9H2,1H3,(H,20,25)(H,22,24)/b21-8-. The van der Waals surface area contributed by atoms with Gasteiger partial charge in [0, 0.05) is 5.56 Å². The summed E-state index contributed by atoms with van der Waals surface area (Å²) in [6, 6.07) is 9.00. The molecule has 136 valence electrons. The molecule has 0 atom stereocenters. The summed E-state index contributed by atoms with van der Waals surface area (Å²) < 4.78 is 4.97. The lowest BCUT2D eigenvalue weighted by molar-refractivity contribution is -0.120. The van der Waals surface area contributed by atoms with Crippen LogP contribution in [0.15, 0.2) is 41.5 Å². The predicted octanol–water partition coefficient (Wildman–Crippen LogP) is 2.59. The summed E-state index contributed by atoms with van der Waals surface area (Å²) in [5.41, 5.74) is 3.17. The highest BCUT2D eigenvalue weighted by atomic mass is 35.5. The van der Waals surface area contributed by atoms with Crippen molar-refractivity contribution in [3.63, 3.8) is 0 Å². The molecule has 0 radical (unpaired) electrons. The topological polar surface area (TPSA) is 100 Å². The van der Waals surface area contributed by atoms with Crippen molar-refractivity contribution in [1.82, 2.24) is 10.7 Å². The number of halogens is 2. The van der Waals surface area contributed by atoms with E-state index >= 15 is 0 Å². The Morgan fingerprint density at radius 2 is 1.96 bits per heavy atom. The van der Waals surface area contributed by atoms with Crippen molar-refractivity contribution >= 4 is 41.2 Å². The number of hydrazone groups is 1. The molecule has 0 aliphatic heterocycles. The minimum Gasteiger partial charge on any atom is -0.504 e. The van der Waals surface area contributed by atoms with Gasteiger partial charge in [0.25, 0.3) is 11.8 Å². The third-order valence-corrected chi connectivity index (χ3v) is 3.94. The Kier molecular flexibility index (Phi) is 6.82. The minimum absolute atomic E-state index is 0.00120. The van der Waals surface area contributed by atoms with Crippen molar-refractivity contribution in [1.29, 1.82) is 0 Å². The molecule has 9 heteroatoms. The first kappa shape index (κ1) is 19.6. The lowest BCUT2D eigenvalue weighted by atomic mass is 10.2. The summed E-state index contributed by atoms with van der Waals surface area (Å²) in [5, 5.41) is 16.3. The van der Waals surface area contributed by atoms with Gasteiger partial charge in [-0.05, 0) is 42.0 Å². The predicted molar refractivity (Wildman–Crippen MR) is 99.2 cm³/mol. The molecule has 0 bridgehead atoms. The Balaban J connectivity index is 1.85. The van der Waals surface area contributed by atoms with Crippen LogP contribution >= 0.6 is 23.2 Å². The third kappa shape index (κ3) is 5.37. The first-order chi connectivity index (χ1) is 12.4. The number of methoxy groups -OCH3 is 1. The average molecular weight is 396 g/mol. The van der Waals surface area contributed by atoms with Gasteiger partial charge in [0.15, 0.2) is 11.5 Å². The van der Waals surface area contributed by atoms with Crippen molar-refractivity contribution in [3.05, 3.63) is 57.6 Å². The van der Waals surface area contributed by atoms with Crippen LogP contribution in [0.1, 0.15) is 15.9 Å². The second-order valence-corrected chi connectivity index (χ2v) is 5.85. The van der Waals surface area contributed by atoms with Crippen molar-refractivity contribution < 1.29 is 19.4 Å². The van der Waals surface area contributed by atoms with E-state index in [2.05, 4.69) is 15.8 Å². The molecule has 0 saturated heterocycles. The molecule has 26 heavy (non-hydrogen) atoms. The van der Waals surface area contributed by atoms with Crippen LogP contribution in [-0.2, 0) is 4.79 Å². The quantitative estimate of drug-likeness (QED) is 0.516. The number of phenols is 1. The van der Waals surface area contributed by atoms with Crippen LogP contribution in [0.4, 0.5) is 0 Å². The van der Waals surface area contributed by atoms with Crippen LogP contribution in [-0.4, -0.2) is 36.8 Å². The number of benzene rings is 2. The molecule has 0 unspecified atom stereocenters. The van der Waals surface area contributed by atoms with E-state index in [0.717, 1.165) is 0 Å². The van der Waals surface area contributed by atoms with Gasteiger partial charge in [-0.3, -0.25) is 9.59 Å². The second-order valence-electron chi connectivity index (χ2n) is 5.04. The highest BCUT2D eigenvalue weighted by molar-refractivity contribution is 6.42. The molecular weight excluding hydrogens is 381 g/mol. The Morgan fingerprint density at radius 3 is 2.65 bits per heavy atom. The molecule has 2 aromatic rings. The van der Waals surface area contributed by atoms with Gasteiger partial charge < -0.3 is 15.2 Å². The van der Waals surface area contributed by atoms with Crippen molar-refractivity contribution in [2.45, 2.75) is 0 Å². The van der Waals surface area contributed by atoms with Gasteiger partial charge in [-0.25, -0.2) is 5.43 Å². The van der Waals surface area contributed by atoms with Gasteiger partial charge in [0.1, 0.15) is 0 Å². The van der Waals surface area contributed by atoms with Crippen LogP contribution in [0.2, 0.25) is 10.0 Å². The van der Waals surface area contributed by atoms with Gasteiger partial charge in [-0.2, -0.15) is 5.10 Å². The third-order valence-electron chi connectivity index (χ3n) is 3.20. The molecule has 3 N–H and O–H groups in total. The largest absolute Gasteiger partial charge is 0.504 e. The number of amides is 2. The zero-order valence-electron chi connectivity index (χ0n) is 13.6. The fourth-order valence-corrected chi connectivity index (χ4v) is 2.19. The van der Waals surface area contributed by atoms with E-state index < -0.39 is 11.8 Å². The zero-order valence-corrected chi connectivity index (χ0v) is 15.1. The number of aromatic hydroxyl groups is 1. The highest BCUT2D eigenvalue weighted by Gasteiger charge is 2.09. The molecule has 0 aliphatic carbocycles. The number of hydrogen-bond acceptors (Lipinski definition) is 5. The average Bonchev–Trinajstić information content (AvgIpc) is 2.63. The van der Waals surface area contributed by atoms with Crippen LogP contribution < -0.4 is 15.5 Å². The summed E-state index contributed by atoms with van der Waals surface area (Å²) in [6.07, 6.45) is 1.38. The van der Waals surface area contributed by atoms with Gasteiger partial charge >= 0.3 is 0 Å². The zero-order chi connectivity index (χ0) is 19.1. The first-order valence-corrected chi connectivity index (χ1v) is 8.08. The van der Waals surface area contributed by atoms with Crippen LogP contribution in [0.25, 0.3) is 0 Å². The summed E-state index contributed by atoms with van der Waals surface area (Å²) in [6.45, 7) is -0.269. The number of nitrogens with zero attached hydrogens (tertiary/aromatic N) is 1. The van der Waals surface area contributed by atoms with Crippen LogP contribution in [0.3, 0.4) is 0 Å². The second kappa shape index (κ2) is 9.07. The van der Waals surface area contributed by atoms with E-state index in [4.69, 9.17) is 27.9 Å². The van der Waals surface area contributed by atoms with Gasteiger partial charge in [0.2, 0.25) is 0 Å². The number of rotatable bonds is 6. The van der Waals surface area contributed by atoms with Crippen molar-refractivity contribution in [2.75, 3.05) is 13.7 Å². The smallest absolute Gasteiger partial charge is 0.259 e. The molecule has 0 saturated carbocycles. The molecule has 2 amide bonds. The molecule has 0 aromatic heterocycles. The lowest BCUT2D eigenvalue weighted by Crippen LogP contribution is -2.34. The van der Waals surface area contributed by atoms with Crippen molar-refractivity contribution in [3.8, 4) is 11.5 Å². The summed E-state index contributed by atoms with van der Waals surface area (Å²) >= 11 is 11.6. The van der Waals surface area contributed by atoms with Gasteiger partial charge in [0.05, 0.1) is 29.9 Å². The molecule has 2 rings (SSSR count). The SMILES string of the molecule is COc1cc(/C=N\NC(=O)CNC(=O)c2ccc(Cl)c(Cl)c2)ccc1O. The summed E-state index contributed by atoms with van der Waals surface area (Å²) in [5.74, 6) is -0.695. The molecule has 0 aliphatic rings. The lowest BCUT2D eigenvalue weighted by Gasteiger charge is -2.05. The Morgan fingerprint density at radius 1 is 1.19 bits per heavy atom. The van der Waals surface area contributed by atoms with E-state index in [1.807, 2.05) is 0 Å². The number of carbonyl (C=O) groups is 2. The first-order valence-electron chi connectivity index (χ1n) is 7.33. The maximum Gasteiger partial charge on any atom is 0.259 e. The van der Waals surface area contributed by atoms with Gasteiger partial charge in [-0.15, -0.1) is 0 Å². The number of phenolic OH excluding ortho intramolecular Hbond substituents is 1. The Bertz CT molecular complexity index is 856. The summed E-state index contributed by atoms with van der Waals surface area (Å²) in [4.78, 5) is 23.7. The van der Waals surface area contributed by atoms with E-state index in [1.165, 1.54) is 37.6 Å². The van der Waals surface area contributed by atoms with Gasteiger partial charge in [-0.1, -0.05) is 23.2 Å². The molecule has 0 fully saturated rings. The fourth-order valence-electron chi connectivity index (χ4n) is 1.89. The molecule has 0 heterocycles.